The Hall–Kier alpha value is -2.17. The van der Waals surface area contributed by atoms with Crippen LogP contribution in [-0.2, 0) is 28.8 Å². The highest BCUT2D eigenvalue weighted by Crippen LogP contribution is 2.20. The normalized spacial score (nSPS) is 15.0. The lowest BCUT2D eigenvalue weighted by Crippen LogP contribution is -2.41. The van der Waals surface area contributed by atoms with Crippen LogP contribution in [-0.4, -0.2) is 94.5 Å². The van der Waals surface area contributed by atoms with Crippen LogP contribution in [0.2, 0.25) is 0 Å². The second kappa shape index (κ2) is 36.2. The Labute approximate surface area is 321 Å². The monoisotopic (exact) mass is 839 g/mol. The van der Waals surface area contributed by atoms with Crippen molar-refractivity contribution in [3.05, 3.63) is 0 Å². The first kappa shape index (κ1) is 50.9. The second-order valence-corrected chi connectivity index (χ2v) is 14.4. The number of nitrogens with one attached hydrogen (secondary N) is 3. The molecule has 7 N–H and O–H groups in total. The summed E-state index contributed by atoms with van der Waals surface area (Å²) >= 11 is 2.14. The van der Waals surface area contributed by atoms with Gasteiger partial charge in [0.2, 0.25) is 17.7 Å². The molecular formula is C37H70IN5O8. The first-order valence-electron chi connectivity index (χ1n) is 19.1. The lowest BCUT2D eigenvalue weighted by Gasteiger charge is -2.15. The first-order chi connectivity index (χ1) is 24.5. The molecule has 1 aliphatic rings. The van der Waals surface area contributed by atoms with Gasteiger partial charge in [-0.2, -0.15) is 0 Å². The van der Waals surface area contributed by atoms with E-state index in [2.05, 4.69) is 38.8 Å². The Morgan fingerprint density at radius 1 is 0.784 bits per heavy atom. The minimum absolute atomic E-state index is 0.00870. The van der Waals surface area contributed by atoms with E-state index in [0.717, 1.165) is 77.7 Å². The molecule has 3 unspecified atom stereocenters. The Morgan fingerprint density at radius 2 is 1.31 bits per heavy atom. The Balaban J connectivity index is 0. The van der Waals surface area contributed by atoms with E-state index in [1.165, 1.54) is 57.8 Å². The van der Waals surface area contributed by atoms with E-state index in [1.807, 2.05) is 3.11 Å². The molecule has 0 aromatic rings. The van der Waals surface area contributed by atoms with Gasteiger partial charge >= 0.3 is 5.97 Å². The summed E-state index contributed by atoms with van der Waals surface area (Å²) in [5.41, 5.74) is 5.10. The van der Waals surface area contributed by atoms with Crippen LogP contribution in [0.5, 0.6) is 0 Å². The molecule has 1 saturated heterocycles. The van der Waals surface area contributed by atoms with Crippen molar-refractivity contribution >= 4 is 58.6 Å². The van der Waals surface area contributed by atoms with Crippen molar-refractivity contribution in [1.29, 1.82) is 0 Å². The van der Waals surface area contributed by atoms with Gasteiger partial charge in [0.05, 0.1) is 12.1 Å². The van der Waals surface area contributed by atoms with Crippen LogP contribution in [0.1, 0.15) is 155 Å². The number of amides is 3. The molecule has 0 bridgehead atoms. The molecule has 0 radical (unpaired) electrons. The maximum absolute atomic E-state index is 12.2. The molecule has 1 rings (SSSR count). The molecule has 3 atom stereocenters. The highest BCUT2D eigenvalue weighted by molar-refractivity contribution is 14.1. The Bertz CT molecular complexity index is 943. The van der Waals surface area contributed by atoms with Crippen LogP contribution in [0, 0.1) is 0 Å². The average molecular weight is 840 g/mol. The van der Waals surface area contributed by atoms with E-state index < -0.39 is 12.0 Å². The summed E-state index contributed by atoms with van der Waals surface area (Å²) in [6, 6.07) is -1.23. The number of rotatable bonds is 30. The minimum atomic E-state index is -1.13. The Morgan fingerprint density at radius 3 is 1.73 bits per heavy atom. The van der Waals surface area contributed by atoms with Gasteiger partial charge in [-0.15, -0.1) is 0 Å². The maximum atomic E-state index is 12.2. The van der Waals surface area contributed by atoms with Crippen LogP contribution in [0.4, 0.5) is 0 Å². The number of hydrogen-bond donors (Lipinski definition) is 6. The summed E-state index contributed by atoms with van der Waals surface area (Å²) in [4.78, 5) is 68.1. The Kier molecular flexibility index (Phi) is 36.2. The number of ketones is 1. The highest BCUT2D eigenvalue weighted by atomic mass is 127. The average Bonchev–Trinajstić information content (AvgIpc) is 3.55. The number of unbranched alkanes of at least 4 members (excludes halogenated alkanes) is 15. The quantitative estimate of drug-likeness (QED) is 0.0243. The van der Waals surface area contributed by atoms with Crippen LogP contribution < -0.4 is 21.7 Å². The number of nitrogens with two attached hydrogens (primary N) is 1. The lowest BCUT2D eigenvalue weighted by atomic mass is 10.0. The molecule has 0 spiro atoms. The smallest absolute Gasteiger partial charge is 0.326 e. The molecule has 1 aliphatic heterocycles. The van der Waals surface area contributed by atoms with Gasteiger partial charge in [0.1, 0.15) is 18.1 Å². The van der Waals surface area contributed by atoms with E-state index in [4.69, 9.17) is 10.8 Å². The molecule has 51 heavy (non-hydrogen) atoms. The van der Waals surface area contributed by atoms with Gasteiger partial charge in [-0.3, -0.25) is 19.2 Å². The molecule has 0 aliphatic carbocycles. The highest BCUT2D eigenvalue weighted by Gasteiger charge is 2.26. The van der Waals surface area contributed by atoms with E-state index in [1.54, 1.807) is 14.0 Å². The van der Waals surface area contributed by atoms with Gasteiger partial charge in [0, 0.05) is 62.3 Å². The van der Waals surface area contributed by atoms with Crippen molar-refractivity contribution in [2.75, 3.05) is 27.2 Å². The SMILES string of the molecule is CNC(CCCCNC(=O)CCC(NC(=O)CCCCCCCCCCCCCCCCC=O)C(=O)O)C(C)=O.CO.NC(=O)C1CCCN1I. The second-order valence-electron chi connectivity index (χ2n) is 13.1. The van der Waals surface area contributed by atoms with Gasteiger partial charge < -0.3 is 36.7 Å². The summed E-state index contributed by atoms with van der Waals surface area (Å²) in [6.07, 6.45) is 22.7. The molecule has 3 amide bonds. The first-order valence-corrected chi connectivity index (χ1v) is 20.1. The standard InChI is InChI=1S/C31H57N3O6.C5H9IN2O.CH4O/c1-26(36)27(32-2)20-17-18-24-33-29(37)23-22-28(31(39)40)34-30(38)21-16-14-12-10-8-6-4-3-5-7-9-11-13-15-19-25-35;6-8-3-1-2-4(8)5(7)9;1-2/h25,27-28,32H,3-24H2,1-2H3,(H,33,37)(H,34,38)(H,39,40);4H,1-3H2,(H2,7,9);2H,1H3. The number of halogens is 1. The van der Waals surface area contributed by atoms with Gasteiger partial charge in [-0.25, -0.2) is 7.91 Å². The molecule has 1 fully saturated rings. The van der Waals surface area contributed by atoms with E-state index in [-0.39, 0.29) is 48.4 Å². The number of primary amides is 1. The van der Waals surface area contributed by atoms with Crippen molar-refractivity contribution in [2.45, 2.75) is 173 Å². The van der Waals surface area contributed by atoms with Crippen molar-refractivity contribution in [2.24, 2.45) is 5.73 Å². The fourth-order valence-corrected chi connectivity index (χ4v) is 6.68. The number of aliphatic carboxylic acids is 1. The van der Waals surface area contributed by atoms with E-state index >= 15 is 0 Å². The van der Waals surface area contributed by atoms with Crippen molar-refractivity contribution in [3.8, 4) is 0 Å². The molecular weight excluding hydrogens is 769 g/mol. The van der Waals surface area contributed by atoms with Crippen LogP contribution in [0.3, 0.4) is 0 Å². The number of aldehydes is 1. The number of nitrogens with zero attached hydrogens (tertiary/aromatic N) is 1. The van der Waals surface area contributed by atoms with Crippen LogP contribution in [0.15, 0.2) is 0 Å². The van der Waals surface area contributed by atoms with Crippen LogP contribution >= 0.6 is 22.9 Å². The van der Waals surface area contributed by atoms with E-state index in [0.29, 0.717) is 25.8 Å². The zero-order chi connectivity index (χ0) is 38.7. The third-order valence-electron chi connectivity index (χ3n) is 8.87. The van der Waals surface area contributed by atoms with Gasteiger partial charge in [0.25, 0.3) is 0 Å². The fourth-order valence-electron chi connectivity index (χ4n) is 5.79. The lowest BCUT2D eigenvalue weighted by molar-refractivity contribution is -0.142. The summed E-state index contributed by atoms with van der Waals surface area (Å²) < 4.78 is 1.97. The maximum Gasteiger partial charge on any atom is 0.326 e. The largest absolute Gasteiger partial charge is 0.480 e. The zero-order valence-corrected chi connectivity index (χ0v) is 33.9. The van der Waals surface area contributed by atoms with E-state index in [9.17, 15) is 33.9 Å². The molecule has 298 valence electrons. The number of carboxylic acids is 1. The molecule has 13 nitrogen and oxygen atoms in total. The molecule has 0 aromatic carbocycles. The number of carbonyl (C=O) groups is 6. The summed E-state index contributed by atoms with van der Waals surface area (Å²) in [7, 11) is 2.75. The van der Waals surface area contributed by atoms with Crippen LogP contribution in [0.25, 0.3) is 0 Å². The zero-order valence-electron chi connectivity index (χ0n) is 31.7. The van der Waals surface area contributed by atoms with Crippen molar-refractivity contribution in [1.82, 2.24) is 19.1 Å². The van der Waals surface area contributed by atoms with Gasteiger partial charge in [-0.05, 0) is 65.3 Å². The number of aliphatic hydroxyl groups excluding tert-OH is 1. The summed E-state index contributed by atoms with van der Waals surface area (Å²) in [6.45, 7) is 3.02. The topological polar surface area (TPSA) is 208 Å². The number of carboxylic acid groups (broad SMARTS) is 1. The number of aliphatic hydroxyl groups is 1. The minimum Gasteiger partial charge on any atom is -0.480 e. The van der Waals surface area contributed by atoms with Gasteiger partial charge in [-0.1, -0.05) is 77.0 Å². The number of likely N-dealkylation sites (N-methyl/N-ethyl adjacent to an activating group) is 1. The predicted molar refractivity (Wildman–Crippen MR) is 210 cm³/mol. The number of carbonyl (C=O) groups excluding carboxylic acids is 5. The molecule has 14 heteroatoms. The third kappa shape index (κ3) is 31.1. The fraction of sp³-hybridized carbons (Fsp3) is 0.838. The van der Waals surface area contributed by atoms with Gasteiger partial charge in [0.15, 0.2) is 0 Å². The summed E-state index contributed by atoms with van der Waals surface area (Å²) in [5, 5.41) is 24.7. The molecule has 1 heterocycles. The van der Waals surface area contributed by atoms with Crippen molar-refractivity contribution < 1.29 is 39.0 Å². The predicted octanol–water partition coefficient (Wildman–Crippen LogP) is 5.13. The summed E-state index contributed by atoms with van der Waals surface area (Å²) in [5.74, 6) is -1.74. The molecule has 0 aromatic heterocycles. The number of Topliss-reactive ketones (excluding diaryl/α,β-unsaturated/α-hetero) is 1. The van der Waals surface area contributed by atoms with Crippen molar-refractivity contribution in [3.63, 3.8) is 0 Å². The molecule has 0 saturated carbocycles. The number of hydrogen-bond acceptors (Lipinski definition) is 9. The third-order valence-corrected chi connectivity index (χ3v) is 10.0.